The molecule has 0 spiro atoms. The number of benzene rings is 4. The van der Waals surface area contributed by atoms with Crippen molar-refractivity contribution in [2.24, 2.45) is 0 Å². The van der Waals surface area contributed by atoms with Crippen molar-refractivity contribution in [2.75, 3.05) is 11.9 Å². The summed E-state index contributed by atoms with van der Waals surface area (Å²) < 4.78 is 24.6. The first-order valence-electron chi connectivity index (χ1n) is 19.8. The SMILES string of the molecule is Cc1nccc(Oc2ccc(C[C@H](NC(=O)[C@@H]3Cc4cc5c(cc4CN3C(=O)Nc3cccnc3)O[C@@H](c3ccc(OCc4ccc(Cl)c(Cl)c4)cc3)CO5)C(=O)O)cc2)c1C. The number of fused-ring (bicyclic) bond motifs is 2. The van der Waals surface area contributed by atoms with E-state index in [9.17, 15) is 19.5 Å². The molecule has 2 aliphatic heterocycles. The number of pyridine rings is 2. The first-order chi connectivity index (χ1) is 30.0. The van der Waals surface area contributed by atoms with Gasteiger partial charge in [-0.25, -0.2) is 9.59 Å². The summed E-state index contributed by atoms with van der Waals surface area (Å²) in [6, 6.07) is 25.8. The first kappa shape index (κ1) is 41.9. The molecule has 0 fully saturated rings. The molecule has 2 aromatic heterocycles. The van der Waals surface area contributed by atoms with Crippen LogP contribution in [0.5, 0.6) is 28.7 Å². The number of amides is 3. The number of carbonyl (C=O) groups excluding carboxylic acids is 2. The summed E-state index contributed by atoms with van der Waals surface area (Å²) in [7, 11) is 0. The van der Waals surface area contributed by atoms with Crippen molar-refractivity contribution in [3.8, 4) is 28.7 Å². The largest absolute Gasteiger partial charge is 0.489 e. The highest BCUT2D eigenvalue weighted by Crippen LogP contribution is 2.41. The zero-order chi connectivity index (χ0) is 43.3. The Morgan fingerprint density at radius 2 is 1.65 bits per heavy atom. The van der Waals surface area contributed by atoms with Crippen molar-refractivity contribution in [3.63, 3.8) is 0 Å². The van der Waals surface area contributed by atoms with Gasteiger partial charge in [-0.15, -0.1) is 0 Å². The van der Waals surface area contributed by atoms with Crippen LogP contribution in [-0.4, -0.2) is 56.6 Å². The quantitative estimate of drug-likeness (QED) is 0.108. The van der Waals surface area contributed by atoms with Crippen LogP contribution >= 0.6 is 23.2 Å². The van der Waals surface area contributed by atoms with Gasteiger partial charge in [0.2, 0.25) is 5.91 Å². The zero-order valence-corrected chi connectivity index (χ0v) is 35.2. The maximum absolute atomic E-state index is 14.1. The Kier molecular flexibility index (Phi) is 12.4. The van der Waals surface area contributed by atoms with Crippen molar-refractivity contribution >= 4 is 46.8 Å². The molecule has 0 saturated carbocycles. The van der Waals surface area contributed by atoms with Gasteiger partial charge in [0.1, 0.15) is 42.5 Å². The molecular formula is C47H41Cl2N5O8. The first-order valence-corrected chi connectivity index (χ1v) is 20.5. The zero-order valence-electron chi connectivity index (χ0n) is 33.6. The minimum atomic E-state index is -1.29. The number of nitrogens with zero attached hydrogens (tertiary/aromatic N) is 3. The molecule has 316 valence electrons. The fourth-order valence-electron chi connectivity index (χ4n) is 7.22. The van der Waals surface area contributed by atoms with Crippen LogP contribution in [0, 0.1) is 13.8 Å². The summed E-state index contributed by atoms with van der Waals surface area (Å²) in [5.41, 5.74) is 6.14. The molecule has 15 heteroatoms. The Morgan fingerprint density at radius 1 is 0.887 bits per heavy atom. The van der Waals surface area contributed by atoms with Gasteiger partial charge in [0, 0.05) is 43.0 Å². The van der Waals surface area contributed by atoms with Gasteiger partial charge in [-0.1, -0.05) is 53.5 Å². The topological polar surface area (TPSA) is 161 Å². The predicted octanol–water partition coefficient (Wildman–Crippen LogP) is 9.05. The number of urea groups is 1. The number of halogens is 2. The number of carboxylic acid groups (broad SMARTS) is 1. The number of nitrogens with one attached hydrogen (secondary N) is 2. The average molecular weight is 875 g/mol. The lowest BCUT2D eigenvalue weighted by Gasteiger charge is -2.37. The average Bonchev–Trinajstić information content (AvgIpc) is 3.27. The van der Waals surface area contributed by atoms with Crippen LogP contribution in [0.3, 0.4) is 0 Å². The van der Waals surface area contributed by atoms with E-state index in [1.807, 2.05) is 56.3 Å². The maximum Gasteiger partial charge on any atom is 0.326 e. The van der Waals surface area contributed by atoms with Crippen LogP contribution in [0.1, 0.15) is 45.2 Å². The van der Waals surface area contributed by atoms with Crippen LogP contribution in [0.2, 0.25) is 10.0 Å². The van der Waals surface area contributed by atoms with Gasteiger partial charge in [0.25, 0.3) is 0 Å². The van der Waals surface area contributed by atoms with Crippen LogP contribution in [0.25, 0.3) is 0 Å². The van der Waals surface area contributed by atoms with Crippen LogP contribution < -0.4 is 29.6 Å². The number of aliphatic carboxylic acids is 1. The second-order valence-corrected chi connectivity index (χ2v) is 15.8. The second-order valence-electron chi connectivity index (χ2n) is 15.0. The number of aromatic nitrogens is 2. The molecule has 3 N–H and O–H groups in total. The van der Waals surface area contributed by atoms with E-state index in [0.29, 0.717) is 56.7 Å². The minimum absolute atomic E-state index is 0.00569. The number of anilines is 1. The third-order valence-corrected chi connectivity index (χ3v) is 11.5. The molecule has 8 rings (SSSR count). The smallest absolute Gasteiger partial charge is 0.326 e. The summed E-state index contributed by atoms with van der Waals surface area (Å²) in [5, 5.41) is 16.7. The molecule has 2 aliphatic rings. The maximum atomic E-state index is 14.1. The van der Waals surface area contributed by atoms with Gasteiger partial charge in [-0.05, 0) is 108 Å². The highest BCUT2D eigenvalue weighted by molar-refractivity contribution is 6.42. The molecule has 0 unspecified atom stereocenters. The molecular weight excluding hydrogens is 833 g/mol. The predicted molar refractivity (Wildman–Crippen MR) is 232 cm³/mol. The number of rotatable bonds is 12. The summed E-state index contributed by atoms with van der Waals surface area (Å²) >= 11 is 12.2. The normalized spacial score (nSPS) is 15.8. The molecule has 0 radical (unpaired) electrons. The van der Waals surface area contributed by atoms with E-state index in [4.69, 9.17) is 42.1 Å². The third kappa shape index (κ3) is 9.70. The number of carbonyl (C=O) groups is 3. The van der Waals surface area contributed by atoms with Crippen molar-refractivity contribution in [2.45, 2.75) is 58.0 Å². The molecule has 3 atom stereocenters. The highest BCUT2D eigenvalue weighted by atomic mass is 35.5. The van der Waals surface area contributed by atoms with Crippen molar-refractivity contribution in [1.82, 2.24) is 20.2 Å². The van der Waals surface area contributed by atoms with Crippen molar-refractivity contribution in [1.29, 1.82) is 0 Å². The van der Waals surface area contributed by atoms with Crippen molar-refractivity contribution in [3.05, 3.63) is 165 Å². The lowest BCUT2D eigenvalue weighted by Crippen LogP contribution is -2.56. The minimum Gasteiger partial charge on any atom is -0.489 e. The number of carboxylic acids is 1. The summed E-state index contributed by atoms with van der Waals surface area (Å²) in [6.45, 7) is 4.40. The van der Waals surface area contributed by atoms with Crippen LogP contribution in [-0.2, 0) is 35.6 Å². The molecule has 0 aliphatic carbocycles. The lowest BCUT2D eigenvalue weighted by molar-refractivity contribution is -0.142. The van der Waals surface area contributed by atoms with Crippen molar-refractivity contribution < 1.29 is 38.4 Å². The molecule has 4 aromatic carbocycles. The Morgan fingerprint density at radius 3 is 2.39 bits per heavy atom. The van der Waals surface area contributed by atoms with E-state index < -0.39 is 36.1 Å². The van der Waals surface area contributed by atoms with Gasteiger partial charge in [-0.2, -0.15) is 0 Å². The number of hydrogen-bond donors (Lipinski definition) is 3. The van der Waals surface area contributed by atoms with E-state index in [1.165, 1.54) is 11.1 Å². The number of ether oxygens (including phenoxy) is 4. The Balaban J connectivity index is 0.965. The molecule has 0 saturated heterocycles. The van der Waals surface area contributed by atoms with E-state index in [2.05, 4.69) is 20.6 Å². The fraction of sp³-hybridized carbons (Fsp3) is 0.213. The van der Waals surface area contributed by atoms with Gasteiger partial charge in [0.15, 0.2) is 17.6 Å². The Bertz CT molecular complexity index is 2610. The van der Waals surface area contributed by atoms with Crippen LogP contribution in [0.4, 0.5) is 10.5 Å². The van der Waals surface area contributed by atoms with Gasteiger partial charge in [0.05, 0.1) is 21.9 Å². The Labute approximate surface area is 367 Å². The van der Waals surface area contributed by atoms with Gasteiger partial charge < -0.3 is 39.6 Å². The van der Waals surface area contributed by atoms with E-state index in [0.717, 1.165) is 33.5 Å². The molecule has 3 amide bonds. The fourth-order valence-corrected chi connectivity index (χ4v) is 7.54. The van der Waals surface area contributed by atoms with Gasteiger partial charge >= 0.3 is 12.0 Å². The Hall–Kier alpha value is -6.83. The third-order valence-electron chi connectivity index (χ3n) is 10.8. The molecule has 0 bridgehead atoms. The standard InChI is InChI=1S/C47H41Cl2N5O8/c1-27-28(2)51-17-15-41(27)61-36-10-5-29(6-11-36)19-39(46(56)57)53-45(55)40-20-32-21-42-43(22-33(32)24-54(40)47(58)52-34-4-3-16-50-23-34)62-44(26-60-42)31-8-12-35(13-9-31)59-25-30-7-14-37(48)38(49)18-30/h3-18,21-23,39-40,44H,19-20,24-26H2,1-2H3,(H,52,58)(H,53,55)(H,56,57)/t39-,40-,44+/m0/s1. The molecule has 4 heterocycles. The second kappa shape index (κ2) is 18.4. The van der Waals surface area contributed by atoms with E-state index >= 15 is 0 Å². The summed E-state index contributed by atoms with van der Waals surface area (Å²) in [4.78, 5) is 50.4. The monoisotopic (exact) mass is 873 g/mol. The number of hydrogen-bond acceptors (Lipinski definition) is 9. The summed E-state index contributed by atoms with van der Waals surface area (Å²) in [5.74, 6) is 1.05. The van der Waals surface area contributed by atoms with E-state index in [-0.39, 0.29) is 26.0 Å². The highest BCUT2D eigenvalue weighted by Gasteiger charge is 2.38. The lowest BCUT2D eigenvalue weighted by atomic mass is 9.92. The molecule has 6 aromatic rings. The number of aryl methyl sites for hydroxylation is 1. The van der Waals surface area contributed by atoms with Gasteiger partial charge in [-0.3, -0.25) is 14.8 Å². The molecule has 62 heavy (non-hydrogen) atoms. The van der Waals surface area contributed by atoms with Crippen LogP contribution in [0.15, 0.2) is 116 Å². The van der Waals surface area contributed by atoms with E-state index in [1.54, 1.807) is 67.0 Å². The summed E-state index contributed by atoms with van der Waals surface area (Å²) in [6.07, 6.45) is 4.41. The molecule has 13 nitrogen and oxygen atoms in total.